The Labute approximate surface area is 199 Å². The van der Waals surface area contributed by atoms with Crippen LogP contribution in [0.25, 0.3) is 0 Å². The molecule has 31 heavy (non-hydrogen) atoms. The number of ether oxygens (including phenoxy) is 2. The molecule has 0 saturated carbocycles. The van der Waals surface area contributed by atoms with E-state index in [1.165, 1.54) is 25.0 Å². The van der Waals surface area contributed by atoms with Crippen LogP contribution in [0.1, 0.15) is 60.7 Å². The molecule has 0 aromatic heterocycles. The van der Waals surface area contributed by atoms with Crippen LogP contribution in [0.3, 0.4) is 0 Å². The number of unbranched alkanes of at least 4 members (excludes halogenated alkanes) is 2. The minimum absolute atomic E-state index is 0.0760. The molecule has 2 aromatic carbocycles. The Hall–Kier alpha value is -1.79. The number of Topliss-reactive ketones (excluding diaryl/α,β-unsaturated/α-hetero) is 2. The van der Waals surface area contributed by atoms with Crippen molar-refractivity contribution in [1.82, 2.24) is 0 Å². The number of hydrogen-bond acceptors (Lipinski definition) is 5. The van der Waals surface area contributed by atoms with Gasteiger partial charge in [0.1, 0.15) is 11.5 Å². The van der Waals surface area contributed by atoms with Gasteiger partial charge in [0.25, 0.3) is 0 Å². The molecule has 6 heteroatoms. The van der Waals surface area contributed by atoms with Crippen molar-refractivity contribution in [3.63, 3.8) is 0 Å². The van der Waals surface area contributed by atoms with Crippen LogP contribution < -0.4 is 9.47 Å². The average molecular weight is 510 g/mol. The van der Waals surface area contributed by atoms with E-state index >= 15 is 0 Å². The molecule has 2 rings (SSSR count). The number of rotatable bonds is 13. The highest BCUT2D eigenvalue weighted by molar-refractivity contribution is 9.09. The number of alkyl halides is 1. The first kappa shape index (κ1) is 27.2. The van der Waals surface area contributed by atoms with Gasteiger partial charge < -0.3 is 9.47 Å². The average Bonchev–Trinajstić information content (AvgIpc) is 2.78. The smallest absolute Gasteiger partial charge is 0.159 e. The third-order valence-electron chi connectivity index (χ3n) is 4.26. The van der Waals surface area contributed by atoms with Crippen molar-refractivity contribution in [3.8, 4) is 11.5 Å². The van der Waals surface area contributed by atoms with Gasteiger partial charge in [-0.15, -0.1) is 0 Å². The first-order chi connectivity index (χ1) is 15.0. The van der Waals surface area contributed by atoms with Gasteiger partial charge >= 0.3 is 0 Å². The van der Waals surface area contributed by atoms with Crippen molar-refractivity contribution < 1.29 is 19.1 Å². The van der Waals surface area contributed by atoms with Gasteiger partial charge in [-0.3, -0.25) is 9.59 Å². The van der Waals surface area contributed by atoms with Crippen molar-refractivity contribution >= 4 is 39.3 Å². The molecule has 0 saturated heterocycles. The van der Waals surface area contributed by atoms with E-state index in [4.69, 9.17) is 9.47 Å². The third kappa shape index (κ3) is 12.6. The van der Waals surface area contributed by atoms with E-state index in [-0.39, 0.29) is 11.6 Å². The summed E-state index contributed by atoms with van der Waals surface area (Å²) in [7, 11) is 0. The van der Waals surface area contributed by atoms with Gasteiger partial charge in [-0.25, -0.2) is 0 Å². The maximum absolute atomic E-state index is 11.1. The SMILES string of the molecule is CC(=O)c1ccc(OCCBr)cc1.CCCCCSCCOc1ccc(C(C)=O)cc1. The molecule has 0 amide bonds. The minimum Gasteiger partial charge on any atom is -0.493 e. The van der Waals surface area contributed by atoms with Gasteiger partial charge in [0.15, 0.2) is 11.6 Å². The molecular formula is C25H33BrO4S. The van der Waals surface area contributed by atoms with E-state index in [1.807, 2.05) is 36.0 Å². The van der Waals surface area contributed by atoms with Crippen LogP contribution in [0.5, 0.6) is 11.5 Å². The summed E-state index contributed by atoms with van der Waals surface area (Å²) in [5, 5.41) is 0.807. The van der Waals surface area contributed by atoms with Gasteiger partial charge in [0.05, 0.1) is 13.2 Å². The molecule has 0 heterocycles. The van der Waals surface area contributed by atoms with E-state index in [1.54, 1.807) is 38.1 Å². The highest BCUT2D eigenvalue weighted by Gasteiger charge is 2.00. The minimum atomic E-state index is 0.0760. The molecule has 0 spiro atoms. The molecule has 0 aliphatic rings. The normalized spacial score (nSPS) is 10.1. The number of hydrogen-bond donors (Lipinski definition) is 0. The van der Waals surface area contributed by atoms with Crippen LogP contribution in [0.15, 0.2) is 48.5 Å². The van der Waals surface area contributed by atoms with E-state index in [9.17, 15) is 9.59 Å². The molecular weight excluding hydrogens is 476 g/mol. The quantitative estimate of drug-likeness (QED) is 0.168. The molecule has 0 atom stereocenters. The van der Waals surface area contributed by atoms with Crippen molar-refractivity contribution in [2.75, 3.05) is 30.0 Å². The van der Waals surface area contributed by atoms with Crippen LogP contribution >= 0.6 is 27.7 Å². The Morgan fingerprint density at radius 2 is 1.26 bits per heavy atom. The summed E-state index contributed by atoms with van der Waals surface area (Å²) in [5.74, 6) is 4.05. The second-order valence-electron chi connectivity index (χ2n) is 6.87. The summed E-state index contributed by atoms with van der Waals surface area (Å²) in [5.41, 5.74) is 1.45. The molecule has 0 N–H and O–H groups in total. The summed E-state index contributed by atoms with van der Waals surface area (Å²) in [6.07, 6.45) is 3.90. The predicted molar refractivity (Wildman–Crippen MR) is 135 cm³/mol. The lowest BCUT2D eigenvalue weighted by Gasteiger charge is -2.06. The largest absolute Gasteiger partial charge is 0.493 e. The van der Waals surface area contributed by atoms with Gasteiger partial charge in [-0.1, -0.05) is 35.7 Å². The first-order valence-corrected chi connectivity index (χ1v) is 12.9. The Kier molecular flexibility index (Phi) is 14.8. The number of halogens is 1. The van der Waals surface area contributed by atoms with Crippen LogP contribution in [-0.2, 0) is 0 Å². The second-order valence-corrected chi connectivity index (χ2v) is 8.88. The third-order valence-corrected chi connectivity index (χ3v) is 5.61. The topological polar surface area (TPSA) is 52.6 Å². The highest BCUT2D eigenvalue weighted by Crippen LogP contribution is 2.14. The predicted octanol–water partition coefficient (Wildman–Crippen LogP) is 6.85. The van der Waals surface area contributed by atoms with Crippen molar-refractivity contribution in [2.45, 2.75) is 40.0 Å². The first-order valence-electron chi connectivity index (χ1n) is 10.6. The van der Waals surface area contributed by atoms with Crippen LogP contribution in [0, 0.1) is 0 Å². The molecule has 4 nitrogen and oxygen atoms in total. The lowest BCUT2D eigenvalue weighted by atomic mass is 10.1. The fourth-order valence-corrected chi connectivity index (χ4v) is 3.48. The summed E-state index contributed by atoms with van der Waals surface area (Å²) < 4.78 is 10.9. The van der Waals surface area contributed by atoms with Gasteiger partial charge in [-0.05, 0) is 74.6 Å². The monoisotopic (exact) mass is 508 g/mol. The van der Waals surface area contributed by atoms with Crippen molar-refractivity contribution in [1.29, 1.82) is 0 Å². The maximum Gasteiger partial charge on any atom is 0.159 e. The Morgan fingerprint density at radius 3 is 1.68 bits per heavy atom. The van der Waals surface area contributed by atoms with Crippen molar-refractivity contribution in [2.24, 2.45) is 0 Å². The fraction of sp³-hybridized carbons (Fsp3) is 0.440. The Bertz CT molecular complexity index is 760. The fourth-order valence-electron chi connectivity index (χ4n) is 2.50. The number of thioether (sulfide) groups is 1. The molecule has 2 aromatic rings. The number of carbonyl (C=O) groups is 2. The van der Waals surface area contributed by atoms with Crippen LogP contribution in [0.2, 0.25) is 0 Å². The van der Waals surface area contributed by atoms with Crippen LogP contribution in [-0.4, -0.2) is 41.6 Å². The standard InChI is InChI=1S/C15H22O2S.C10H11BrO2/c1-3-4-5-11-18-12-10-17-15-8-6-14(7-9-15)13(2)16;1-8(12)9-2-4-10(5-3-9)13-7-6-11/h6-9H,3-5,10-12H2,1-2H3;2-5H,6-7H2,1H3. The summed E-state index contributed by atoms with van der Waals surface area (Å²) in [6, 6.07) is 14.5. The van der Waals surface area contributed by atoms with Gasteiger partial charge in [0.2, 0.25) is 0 Å². The van der Waals surface area contributed by atoms with E-state index < -0.39 is 0 Å². The number of ketones is 2. The molecule has 0 unspecified atom stereocenters. The summed E-state index contributed by atoms with van der Waals surface area (Å²) in [4.78, 5) is 22.0. The molecule has 0 radical (unpaired) electrons. The van der Waals surface area contributed by atoms with E-state index in [2.05, 4.69) is 22.9 Å². The summed E-state index contributed by atoms with van der Waals surface area (Å²) >= 11 is 5.21. The Morgan fingerprint density at radius 1 is 0.774 bits per heavy atom. The molecule has 0 fully saturated rings. The highest BCUT2D eigenvalue weighted by atomic mass is 79.9. The van der Waals surface area contributed by atoms with E-state index in [0.717, 1.165) is 34.8 Å². The zero-order valence-corrected chi connectivity index (χ0v) is 21.1. The maximum atomic E-state index is 11.1. The lowest BCUT2D eigenvalue weighted by molar-refractivity contribution is 0.100. The zero-order valence-electron chi connectivity index (χ0n) is 18.7. The Balaban J connectivity index is 0.000000327. The van der Waals surface area contributed by atoms with Crippen LogP contribution in [0.4, 0.5) is 0 Å². The van der Waals surface area contributed by atoms with E-state index in [0.29, 0.717) is 12.2 Å². The molecule has 0 bridgehead atoms. The molecule has 170 valence electrons. The lowest BCUT2D eigenvalue weighted by Crippen LogP contribution is -2.01. The number of carbonyl (C=O) groups excluding carboxylic acids is 2. The molecule has 0 aliphatic heterocycles. The summed E-state index contributed by atoms with van der Waals surface area (Å²) in [6.45, 7) is 6.71. The second kappa shape index (κ2) is 16.8. The van der Waals surface area contributed by atoms with Crippen molar-refractivity contribution in [3.05, 3.63) is 59.7 Å². The zero-order chi connectivity index (χ0) is 22.9. The number of benzene rings is 2. The molecule has 0 aliphatic carbocycles. The van der Waals surface area contributed by atoms with Gasteiger partial charge in [0, 0.05) is 22.2 Å². The van der Waals surface area contributed by atoms with Gasteiger partial charge in [-0.2, -0.15) is 11.8 Å².